The van der Waals surface area contributed by atoms with E-state index in [9.17, 15) is 0 Å². The van der Waals surface area contributed by atoms with Crippen LogP contribution in [0.3, 0.4) is 0 Å². The molecule has 0 amide bonds. The fraction of sp³-hybridized carbons (Fsp3) is 0.100. The lowest BCUT2D eigenvalue weighted by atomic mass is 10.2. The molecule has 130 valence electrons. The number of halogens is 1. The number of thioether (sulfide) groups is 1. The molecule has 4 rings (SSSR count). The molecule has 6 heteroatoms. The highest BCUT2D eigenvalue weighted by Gasteiger charge is 2.15. The predicted octanol–water partition coefficient (Wildman–Crippen LogP) is 5.53. The van der Waals surface area contributed by atoms with Crippen LogP contribution in [-0.2, 0) is 12.3 Å². The molecule has 4 nitrogen and oxygen atoms in total. The molecule has 0 saturated heterocycles. The third-order valence-electron chi connectivity index (χ3n) is 3.92. The first kappa shape index (κ1) is 16.9. The molecule has 0 saturated carbocycles. The maximum atomic E-state index is 5.96. The largest absolute Gasteiger partial charge is 0.467 e. The Bertz CT molecular complexity index is 966. The maximum Gasteiger partial charge on any atom is 0.192 e. The van der Waals surface area contributed by atoms with E-state index in [1.165, 1.54) is 5.56 Å². The number of hydrogen-bond acceptors (Lipinski definition) is 4. The predicted molar refractivity (Wildman–Crippen MR) is 104 cm³/mol. The molecule has 0 bridgehead atoms. The highest BCUT2D eigenvalue weighted by molar-refractivity contribution is 7.98. The van der Waals surface area contributed by atoms with E-state index in [1.807, 2.05) is 66.7 Å². The van der Waals surface area contributed by atoms with Gasteiger partial charge in [-0.2, -0.15) is 0 Å². The van der Waals surface area contributed by atoms with Gasteiger partial charge in [0.1, 0.15) is 5.76 Å². The van der Waals surface area contributed by atoms with Gasteiger partial charge in [0, 0.05) is 16.3 Å². The van der Waals surface area contributed by atoms with Crippen molar-refractivity contribution >= 4 is 23.4 Å². The van der Waals surface area contributed by atoms with Crippen LogP contribution in [0.15, 0.2) is 82.6 Å². The molecule has 2 aromatic carbocycles. The third kappa shape index (κ3) is 3.84. The zero-order chi connectivity index (χ0) is 17.8. The maximum absolute atomic E-state index is 5.96. The van der Waals surface area contributed by atoms with Gasteiger partial charge in [-0.15, -0.1) is 10.2 Å². The van der Waals surface area contributed by atoms with Gasteiger partial charge in [-0.05, 0) is 29.8 Å². The molecule has 0 radical (unpaired) electrons. The lowest BCUT2D eigenvalue weighted by molar-refractivity contribution is 0.485. The first-order chi connectivity index (χ1) is 12.8. The Morgan fingerprint density at radius 2 is 1.73 bits per heavy atom. The monoisotopic (exact) mass is 381 g/mol. The summed E-state index contributed by atoms with van der Waals surface area (Å²) in [4.78, 5) is 0. The van der Waals surface area contributed by atoms with Crippen LogP contribution >= 0.6 is 23.4 Å². The first-order valence-corrected chi connectivity index (χ1v) is 9.54. The van der Waals surface area contributed by atoms with Crippen molar-refractivity contribution in [3.05, 3.63) is 89.3 Å². The number of aromatic nitrogens is 3. The fourth-order valence-corrected chi connectivity index (χ4v) is 3.65. The Morgan fingerprint density at radius 3 is 2.46 bits per heavy atom. The highest BCUT2D eigenvalue weighted by atomic mass is 35.5. The molecule has 0 aliphatic heterocycles. The highest BCUT2D eigenvalue weighted by Crippen LogP contribution is 2.27. The summed E-state index contributed by atoms with van der Waals surface area (Å²) in [6, 6.07) is 21.8. The Kier molecular flexibility index (Phi) is 5.09. The van der Waals surface area contributed by atoms with Gasteiger partial charge < -0.3 is 4.42 Å². The van der Waals surface area contributed by atoms with Crippen LogP contribution in [0.2, 0.25) is 5.02 Å². The van der Waals surface area contributed by atoms with Crippen molar-refractivity contribution in [2.24, 2.45) is 0 Å². The van der Waals surface area contributed by atoms with E-state index >= 15 is 0 Å². The van der Waals surface area contributed by atoms with Gasteiger partial charge in [-0.25, -0.2) is 0 Å². The molecule has 2 aromatic heterocycles. The van der Waals surface area contributed by atoms with Gasteiger partial charge >= 0.3 is 0 Å². The van der Waals surface area contributed by atoms with E-state index in [4.69, 9.17) is 16.0 Å². The smallest absolute Gasteiger partial charge is 0.192 e. The van der Waals surface area contributed by atoms with Crippen LogP contribution < -0.4 is 0 Å². The Balaban J connectivity index is 1.63. The van der Waals surface area contributed by atoms with Crippen molar-refractivity contribution in [1.29, 1.82) is 0 Å². The zero-order valence-electron chi connectivity index (χ0n) is 13.9. The fourth-order valence-electron chi connectivity index (χ4n) is 2.63. The van der Waals surface area contributed by atoms with Gasteiger partial charge in [0.2, 0.25) is 0 Å². The lowest BCUT2D eigenvalue weighted by Gasteiger charge is -2.09. The minimum absolute atomic E-state index is 0.590. The summed E-state index contributed by atoms with van der Waals surface area (Å²) in [5.74, 6) is 2.50. The molecule has 2 heterocycles. The van der Waals surface area contributed by atoms with E-state index in [2.05, 4.69) is 14.8 Å². The van der Waals surface area contributed by atoms with Crippen LogP contribution in [-0.4, -0.2) is 14.8 Å². The molecule has 0 spiro atoms. The molecular formula is C20H16ClN3OS. The second-order valence-electron chi connectivity index (χ2n) is 5.75. The van der Waals surface area contributed by atoms with Crippen molar-refractivity contribution in [3.63, 3.8) is 0 Å². The van der Waals surface area contributed by atoms with E-state index in [-0.39, 0.29) is 0 Å². The number of furan rings is 1. The Labute approximate surface area is 160 Å². The molecule has 0 fully saturated rings. The molecule has 0 N–H and O–H groups in total. The minimum atomic E-state index is 0.590. The molecular weight excluding hydrogens is 366 g/mol. The summed E-state index contributed by atoms with van der Waals surface area (Å²) < 4.78 is 7.62. The van der Waals surface area contributed by atoms with Crippen LogP contribution in [0.5, 0.6) is 0 Å². The van der Waals surface area contributed by atoms with Crippen molar-refractivity contribution in [2.45, 2.75) is 17.5 Å². The molecule has 0 atom stereocenters. The van der Waals surface area contributed by atoms with Gasteiger partial charge in [-0.1, -0.05) is 65.8 Å². The second kappa shape index (κ2) is 7.81. The van der Waals surface area contributed by atoms with Crippen LogP contribution in [0, 0.1) is 0 Å². The van der Waals surface area contributed by atoms with Gasteiger partial charge in [0.05, 0.1) is 12.8 Å². The van der Waals surface area contributed by atoms with Crippen LogP contribution in [0.1, 0.15) is 11.3 Å². The SMILES string of the molecule is Clc1ccc(CSc2nnc(-c3ccccc3)n2Cc2ccco2)cc1. The summed E-state index contributed by atoms with van der Waals surface area (Å²) in [5, 5.41) is 10.4. The first-order valence-electron chi connectivity index (χ1n) is 8.18. The van der Waals surface area contributed by atoms with Gasteiger partial charge in [-0.3, -0.25) is 4.57 Å². The van der Waals surface area contributed by atoms with Crippen LogP contribution in [0.25, 0.3) is 11.4 Å². The average molecular weight is 382 g/mol. The molecule has 0 unspecified atom stereocenters. The Hall–Kier alpha value is -2.50. The van der Waals surface area contributed by atoms with Gasteiger partial charge in [0.15, 0.2) is 11.0 Å². The standard InChI is InChI=1S/C20H16ClN3OS/c21-17-10-8-15(9-11-17)14-26-20-23-22-19(16-5-2-1-3-6-16)24(20)13-18-7-4-12-25-18/h1-12H,13-14H2. The quantitative estimate of drug-likeness (QED) is 0.412. The summed E-state index contributed by atoms with van der Waals surface area (Å²) in [6.07, 6.45) is 1.68. The van der Waals surface area contributed by atoms with E-state index in [0.29, 0.717) is 6.54 Å². The molecule has 0 aliphatic rings. The summed E-state index contributed by atoms with van der Waals surface area (Å²) in [5.41, 5.74) is 2.22. The van der Waals surface area contributed by atoms with E-state index in [1.54, 1.807) is 18.0 Å². The minimum Gasteiger partial charge on any atom is -0.467 e. The summed E-state index contributed by atoms with van der Waals surface area (Å²) >= 11 is 7.61. The van der Waals surface area contributed by atoms with E-state index < -0.39 is 0 Å². The zero-order valence-corrected chi connectivity index (χ0v) is 15.5. The van der Waals surface area contributed by atoms with Crippen molar-refractivity contribution in [3.8, 4) is 11.4 Å². The normalized spacial score (nSPS) is 11.0. The van der Waals surface area contributed by atoms with Crippen molar-refractivity contribution < 1.29 is 4.42 Å². The molecule has 26 heavy (non-hydrogen) atoms. The average Bonchev–Trinajstić information content (AvgIpc) is 3.33. The number of benzene rings is 2. The number of rotatable bonds is 6. The molecule has 4 aromatic rings. The second-order valence-corrected chi connectivity index (χ2v) is 7.13. The summed E-state index contributed by atoms with van der Waals surface area (Å²) in [7, 11) is 0. The lowest BCUT2D eigenvalue weighted by Crippen LogP contribution is -2.03. The van der Waals surface area contributed by atoms with Crippen molar-refractivity contribution in [2.75, 3.05) is 0 Å². The number of nitrogens with zero attached hydrogens (tertiary/aromatic N) is 3. The Morgan fingerprint density at radius 1 is 0.923 bits per heavy atom. The third-order valence-corrected chi connectivity index (χ3v) is 5.21. The van der Waals surface area contributed by atoms with Crippen molar-refractivity contribution in [1.82, 2.24) is 14.8 Å². The number of hydrogen-bond donors (Lipinski definition) is 0. The topological polar surface area (TPSA) is 43.9 Å². The summed E-state index contributed by atoms with van der Waals surface area (Å²) in [6.45, 7) is 0.590. The van der Waals surface area contributed by atoms with E-state index in [0.717, 1.165) is 33.1 Å². The van der Waals surface area contributed by atoms with Gasteiger partial charge in [0.25, 0.3) is 0 Å². The molecule has 0 aliphatic carbocycles. The van der Waals surface area contributed by atoms with Crippen LogP contribution in [0.4, 0.5) is 0 Å².